The van der Waals surface area contributed by atoms with Gasteiger partial charge < -0.3 is 18.9 Å². The number of aryl methyl sites for hydroxylation is 1. The molecule has 30 heavy (non-hydrogen) atoms. The van der Waals surface area contributed by atoms with Crippen molar-refractivity contribution < 1.29 is 28.5 Å². The number of esters is 2. The van der Waals surface area contributed by atoms with Crippen LogP contribution in [-0.2, 0) is 23.8 Å². The lowest BCUT2D eigenvalue weighted by molar-refractivity contribution is -0.204. The van der Waals surface area contributed by atoms with Gasteiger partial charge in [0.1, 0.15) is 11.9 Å². The second kappa shape index (κ2) is 15.5. The number of carbonyl (C=O) groups is 2. The molecule has 1 fully saturated rings. The van der Waals surface area contributed by atoms with E-state index in [-0.39, 0.29) is 6.42 Å². The molecule has 6 heteroatoms. The topological polar surface area (TPSA) is 71.1 Å². The average Bonchev–Trinajstić information content (AvgIpc) is 2.75. The maximum absolute atomic E-state index is 11.9. The third kappa shape index (κ3) is 9.44. The summed E-state index contributed by atoms with van der Waals surface area (Å²) in [6, 6.07) is 5.85. The van der Waals surface area contributed by atoms with Gasteiger partial charge in [0.05, 0.1) is 7.11 Å². The van der Waals surface area contributed by atoms with E-state index in [1.807, 2.05) is 52.8 Å². The SMILES string of the molecule is CC.CC.CC/C=C/c1ccc(OC2C[C@@H](OC(C)=O)C[C@@H](C(=O)OC)O2)c(C)c1. The lowest BCUT2D eigenvalue weighted by atomic mass is 10.0. The number of rotatable bonds is 6. The summed E-state index contributed by atoms with van der Waals surface area (Å²) in [5, 5.41) is 0. The van der Waals surface area contributed by atoms with E-state index in [4.69, 9.17) is 18.9 Å². The first-order valence-corrected chi connectivity index (χ1v) is 10.8. The van der Waals surface area contributed by atoms with E-state index in [2.05, 4.69) is 19.1 Å². The molecule has 1 aliphatic heterocycles. The molecule has 0 aliphatic carbocycles. The molecule has 0 saturated carbocycles. The molecule has 6 nitrogen and oxygen atoms in total. The molecule has 2 rings (SSSR count). The molecule has 1 unspecified atom stereocenters. The van der Waals surface area contributed by atoms with Crippen LogP contribution in [0, 0.1) is 6.92 Å². The lowest BCUT2D eigenvalue weighted by Gasteiger charge is -2.33. The highest BCUT2D eigenvalue weighted by Crippen LogP contribution is 2.28. The van der Waals surface area contributed by atoms with E-state index in [0.717, 1.165) is 17.5 Å². The fourth-order valence-electron chi connectivity index (χ4n) is 2.84. The van der Waals surface area contributed by atoms with Crippen molar-refractivity contribution in [3.63, 3.8) is 0 Å². The molecular weight excluding hydrogens is 384 g/mol. The fourth-order valence-corrected chi connectivity index (χ4v) is 2.84. The van der Waals surface area contributed by atoms with E-state index < -0.39 is 30.4 Å². The van der Waals surface area contributed by atoms with Crippen molar-refractivity contribution in [2.75, 3.05) is 7.11 Å². The van der Waals surface area contributed by atoms with Crippen LogP contribution in [-0.4, -0.2) is 37.5 Å². The van der Waals surface area contributed by atoms with Crippen LogP contribution in [0.5, 0.6) is 5.75 Å². The molecule has 0 amide bonds. The van der Waals surface area contributed by atoms with Crippen molar-refractivity contribution in [2.24, 2.45) is 0 Å². The van der Waals surface area contributed by atoms with Gasteiger partial charge in [-0.05, 0) is 36.6 Å². The van der Waals surface area contributed by atoms with Gasteiger partial charge in [0.2, 0.25) is 6.29 Å². The fraction of sp³-hybridized carbons (Fsp3) is 0.583. The van der Waals surface area contributed by atoms with Crippen LogP contribution in [0.2, 0.25) is 0 Å². The van der Waals surface area contributed by atoms with Crippen LogP contribution in [0.1, 0.15) is 71.9 Å². The molecule has 0 N–H and O–H groups in total. The standard InChI is InChI=1S/C20H26O6.2C2H6/c1-5-6-7-15-8-9-17(13(2)10-15)25-19-12-16(24-14(3)21)11-18(26-19)20(22)23-4;2*1-2/h6-10,16,18-19H,5,11-12H2,1-4H3;2*1-2H3/b7-6+;;/t16-,18-,19?;;/m0../s1. The van der Waals surface area contributed by atoms with E-state index in [9.17, 15) is 9.59 Å². The van der Waals surface area contributed by atoms with Crippen molar-refractivity contribution in [1.29, 1.82) is 0 Å². The minimum absolute atomic E-state index is 0.256. The molecule has 3 atom stereocenters. The third-order valence-corrected chi connectivity index (χ3v) is 4.05. The van der Waals surface area contributed by atoms with Gasteiger partial charge in [-0.2, -0.15) is 0 Å². The molecule has 1 saturated heterocycles. The Hall–Kier alpha value is -2.34. The average molecular weight is 423 g/mol. The number of ether oxygens (including phenoxy) is 4. The van der Waals surface area contributed by atoms with Crippen molar-refractivity contribution in [2.45, 2.75) is 86.2 Å². The first-order valence-electron chi connectivity index (χ1n) is 10.8. The molecule has 0 spiro atoms. The Balaban J connectivity index is 0.00000198. The highest BCUT2D eigenvalue weighted by Gasteiger charge is 2.37. The second-order valence-corrected chi connectivity index (χ2v) is 6.23. The number of hydrogen-bond acceptors (Lipinski definition) is 6. The van der Waals surface area contributed by atoms with Gasteiger partial charge in [0.15, 0.2) is 6.10 Å². The van der Waals surface area contributed by atoms with E-state index >= 15 is 0 Å². The molecule has 1 aromatic rings. The molecule has 170 valence electrons. The first kappa shape index (κ1) is 27.7. The molecule has 1 heterocycles. The molecular formula is C24H38O6. The Morgan fingerprint density at radius 3 is 2.37 bits per heavy atom. The van der Waals surface area contributed by atoms with Crippen LogP contribution in [0.15, 0.2) is 24.3 Å². The normalized spacial score (nSPS) is 20.2. The zero-order valence-corrected chi connectivity index (χ0v) is 19.7. The maximum Gasteiger partial charge on any atom is 0.335 e. The van der Waals surface area contributed by atoms with Crippen molar-refractivity contribution in [1.82, 2.24) is 0 Å². The monoisotopic (exact) mass is 422 g/mol. The predicted molar refractivity (Wildman–Crippen MR) is 119 cm³/mol. The number of carbonyl (C=O) groups excluding carboxylic acids is 2. The van der Waals surface area contributed by atoms with Crippen molar-refractivity contribution >= 4 is 18.0 Å². The summed E-state index contributed by atoms with van der Waals surface area (Å²) in [6.07, 6.45) is 3.74. The van der Waals surface area contributed by atoms with Gasteiger partial charge >= 0.3 is 11.9 Å². The zero-order chi connectivity index (χ0) is 23.1. The number of methoxy groups -OCH3 is 1. The summed E-state index contributed by atoms with van der Waals surface area (Å²) in [4.78, 5) is 23.1. The number of benzene rings is 1. The maximum atomic E-state index is 11.9. The van der Waals surface area contributed by atoms with Crippen molar-refractivity contribution in [3.05, 3.63) is 35.4 Å². The second-order valence-electron chi connectivity index (χ2n) is 6.23. The quantitative estimate of drug-likeness (QED) is 0.567. The number of hydrogen-bond donors (Lipinski definition) is 0. The van der Waals surface area contributed by atoms with Gasteiger partial charge in [-0.25, -0.2) is 4.79 Å². The van der Waals surface area contributed by atoms with E-state index in [1.54, 1.807) is 0 Å². The largest absolute Gasteiger partial charge is 0.467 e. The number of allylic oxidation sites excluding steroid dienone is 1. The Bertz CT molecular complexity index is 668. The summed E-state index contributed by atoms with van der Waals surface area (Å²) >= 11 is 0. The smallest absolute Gasteiger partial charge is 0.335 e. The van der Waals surface area contributed by atoms with Gasteiger partial charge in [-0.15, -0.1) is 0 Å². The van der Waals surface area contributed by atoms with Crippen LogP contribution >= 0.6 is 0 Å². The minimum atomic E-state index is -0.824. The van der Waals surface area contributed by atoms with E-state index in [0.29, 0.717) is 12.2 Å². The minimum Gasteiger partial charge on any atom is -0.467 e. The Morgan fingerprint density at radius 1 is 1.17 bits per heavy atom. The van der Waals surface area contributed by atoms with Gasteiger partial charge in [0, 0.05) is 19.8 Å². The zero-order valence-electron chi connectivity index (χ0n) is 19.7. The summed E-state index contributed by atoms with van der Waals surface area (Å²) < 4.78 is 21.7. The molecule has 0 bridgehead atoms. The van der Waals surface area contributed by atoms with Crippen LogP contribution < -0.4 is 4.74 Å². The third-order valence-electron chi connectivity index (χ3n) is 4.05. The predicted octanol–water partition coefficient (Wildman–Crippen LogP) is 5.46. The highest BCUT2D eigenvalue weighted by atomic mass is 16.7. The Labute approximate surface area is 181 Å². The first-order chi connectivity index (χ1) is 14.4. The van der Waals surface area contributed by atoms with Crippen molar-refractivity contribution in [3.8, 4) is 5.75 Å². The van der Waals surface area contributed by atoms with Crippen LogP contribution in [0.25, 0.3) is 6.08 Å². The van der Waals surface area contributed by atoms with Gasteiger partial charge in [0.25, 0.3) is 0 Å². The molecule has 1 aliphatic rings. The summed E-state index contributed by atoms with van der Waals surface area (Å²) in [5.74, 6) is -0.245. The summed E-state index contributed by atoms with van der Waals surface area (Å²) in [5.41, 5.74) is 2.04. The Kier molecular flexibility index (Phi) is 14.3. The van der Waals surface area contributed by atoms with Crippen LogP contribution in [0.3, 0.4) is 0 Å². The Morgan fingerprint density at radius 2 is 1.83 bits per heavy atom. The lowest BCUT2D eigenvalue weighted by Crippen LogP contribution is -2.44. The molecule has 1 aromatic carbocycles. The summed E-state index contributed by atoms with van der Waals surface area (Å²) in [7, 11) is 1.30. The van der Waals surface area contributed by atoms with Crippen LogP contribution in [0.4, 0.5) is 0 Å². The van der Waals surface area contributed by atoms with Gasteiger partial charge in [-0.1, -0.05) is 52.8 Å². The highest BCUT2D eigenvalue weighted by molar-refractivity contribution is 5.74. The molecule has 0 aromatic heterocycles. The molecule has 0 radical (unpaired) electrons. The van der Waals surface area contributed by atoms with E-state index in [1.165, 1.54) is 14.0 Å². The van der Waals surface area contributed by atoms with Gasteiger partial charge in [-0.3, -0.25) is 4.79 Å². The summed E-state index contributed by atoms with van der Waals surface area (Å²) in [6.45, 7) is 13.4.